The number of nitrogens with one attached hydrogen (secondary N) is 2. The lowest BCUT2D eigenvalue weighted by Gasteiger charge is -2.12. The van der Waals surface area contributed by atoms with E-state index < -0.39 is 18.0 Å². The van der Waals surface area contributed by atoms with E-state index in [1.54, 1.807) is 23.7 Å². The number of nitrogens with zero attached hydrogens (tertiary/aromatic N) is 1. The number of aliphatic carboxylic acids is 1. The topological polar surface area (TPSA) is 91.3 Å². The van der Waals surface area contributed by atoms with Gasteiger partial charge >= 0.3 is 12.0 Å². The van der Waals surface area contributed by atoms with E-state index in [1.807, 2.05) is 0 Å². The van der Waals surface area contributed by atoms with Crippen molar-refractivity contribution in [2.75, 3.05) is 5.32 Å². The first kappa shape index (κ1) is 13.8. The summed E-state index contributed by atoms with van der Waals surface area (Å²) >= 11 is 1.45. The zero-order valence-electron chi connectivity index (χ0n) is 10.3. The Kier molecular flexibility index (Phi) is 4.17. The molecule has 0 aliphatic carbocycles. The number of carbonyl (C=O) groups excluding carboxylic acids is 1. The van der Waals surface area contributed by atoms with Crippen molar-refractivity contribution in [3.05, 3.63) is 23.7 Å². The van der Waals surface area contributed by atoms with Gasteiger partial charge in [0.25, 0.3) is 0 Å². The summed E-state index contributed by atoms with van der Waals surface area (Å²) in [6, 6.07) is 3.52. The molecule has 0 saturated carbocycles. The summed E-state index contributed by atoms with van der Waals surface area (Å²) in [5.74, 6) is 1.04. The highest BCUT2D eigenvalue weighted by atomic mass is 32.1. The number of amides is 2. The number of hydrogen-bond donors (Lipinski definition) is 3. The third-order valence-corrected chi connectivity index (χ3v) is 3.31. The number of terminal acetylenes is 1. The van der Waals surface area contributed by atoms with Gasteiger partial charge in [0.05, 0.1) is 15.7 Å². The Morgan fingerprint density at radius 2 is 2.30 bits per heavy atom. The molecule has 0 bridgehead atoms. The molecule has 1 heterocycles. The largest absolute Gasteiger partial charge is 0.480 e. The Balaban J connectivity index is 2.03. The number of aromatic nitrogens is 1. The smallest absolute Gasteiger partial charge is 0.327 e. The summed E-state index contributed by atoms with van der Waals surface area (Å²) in [5, 5.41) is 13.8. The van der Waals surface area contributed by atoms with Crippen LogP contribution in [0.15, 0.2) is 23.7 Å². The van der Waals surface area contributed by atoms with Gasteiger partial charge in [0, 0.05) is 12.1 Å². The van der Waals surface area contributed by atoms with Gasteiger partial charge in [-0.1, -0.05) is 0 Å². The van der Waals surface area contributed by atoms with Crippen molar-refractivity contribution in [3.63, 3.8) is 0 Å². The lowest BCUT2D eigenvalue weighted by molar-refractivity contribution is -0.139. The van der Waals surface area contributed by atoms with Gasteiger partial charge in [-0.2, -0.15) is 0 Å². The number of thiazole rings is 1. The maximum Gasteiger partial charge on any atom is 0.327 e. The Bertz CT molecular complexity index is 689. The SMILES string of the molecule is C#CCC(NC(=O)Nc1ccc2ncsc2c1)C(=O)O. The van der Waals surface area contributed by atoms with Crippen molar-refractivity contribution in [2.24, 2.45) is 0 Å². The van der Waals surface area contributed by atoms with E-state index in [4.69, 9.17) is 11.5 Å². The summed E-state index contributed by atoms with van der Waals surface area (Å²) < 4.78 is 0.932. The Morgan fingerprint density at radius 1 is 1.50 bits per heavy atom. The molecule has 1 unspecified atom stereocenters. The fourth-order valence-electron chi connectivity index (χ4n) is 1.58. The number of anilines is 1. The molecular weight excluding hydrogens is 278 g/mol. The number of hydrogen-bond acceptors (Lipinski definition) is 4. The lowest BCUT2D eigenvalue weighted by atomic mass is 10.2. The second kappa shape index (κ2) is 6.04. The fourth-order valence-corrected chi connectivity index (χ4v) is 2.29. The van der Waals surface area contributed by atoms with Crippen LogP contribution in [-0.2, 0) is 4.79 Å². The van der Waals surface area contributed by atoms with Crippen LogP contribution in [-0.4, -0.2) is 28.1 Å². The van der Waals surface area contributed by atoms with Crippen LogP contribution >= 0.6 is 11.3 Å². The maximum absolute atomic E-state index is 11.7. The Morgan fingerprint density at radius 3 is 3.00 bits per heavy atom. The van der Waals surface area contributed by atoms with Crippen molar-refractivity contribution in [2.45, 2.75) is 12.5 Å². The quantitative estimate of drug-likeness (QED) is 0.750. The normalized spacial score (nSPS) is 11.6. The molecule has 2 aromatic rings. The van der Waals surface area contributed by atoms with Gasteiger partial charge in [-0.25, -0.2) is 14.6 Å². The van der Waals surface area contributed by atoms with Crippen LogP contribution in [0.5, 0.6) is 0 Å². The van der Waals surface area contributed by atoms with Crippen LogP contribution in [0.25, 0.3) is 10.2 Å². The summed E-state index contributed by atoms with van der Waals surface area (Å²) in [4.78, 5) is 26.7. The molecule has 3 N–H and O–H groups in total. The van der Waals surface area contributed by atoms with Crippen molar-refractivity contribution in [1.82, 2.24) is 10.3 Å². The molecule has 0 aliphatic rings. The molecule has 0 spiro atoms. The standard InChI is InChI=1S/C13H11N3O3S/c1-2-3-10(12(17)18)16-13(19)15-8-4-5-9-11(6-8)20-7-14-9/h1,4-7,10H,3H2,(H,17,18)(H2,15,16,19). The highest BCUT2D eigenvalue weighted by Crippen LogP contribution is 2.21. The molecule has 0 aliphatic heterocycles. The first-order valence-corrected chi connectivity index (χ1v) is 6.55. The van der Waals surface area contributed by atoms with Crippen LogP contribution < -0.4 is 10.6 Å². The van der Waals surface area contributed by atoms with Crippen LogP contribution in [0.2, 0.25) is 0 Å². The van der Waals surface area contributed by atoms with E-state index in [1.165, 1.54) is 11.3 Å². The molecule has 102 valence electrons. The van der Waals surface area contributed by atoms with Crippen molar-refractivity contribution in [1.29, 1.82) is 0 Å². The Labute approximate surface area is 118 Å². The zero-order valence-corrected chi connectivity index (χ0v) is 11.1. The van der Waals surface area contributed by atoms with Crippen LogP contribution in [0.1, 0.15) is 6.42 Å². The van der Waals surface area contributed by atoms with Crippen LogP contribution in [0, 0.1) is 12.3 Å². The molecule has 6 nitrogen and oxygen atoms in total. The average Bonchev–Trinajstić information content (AvgIpc) is 2.85. The molecular formula is C13H11N3O3S. The Hall–Kier alpha value is -2.59. The second-order valence-electron chi connectivity index (χ2n) is 3.93. The zero-order chi connectivity index (χ0) is 14.5. The van der Waals surface area contributed by atoms with E-state index in [-0.39, 0.29) is 6.42 Å². The molecule has 0 saturated heterocycles. The first-order chi connectivity index (χ1) is 9.60. The number of carbonyl (C=O) groups is 2. The monoisotopic (exact) mass is 289 g/mol. The van der Waals surface area contributed by atoms with Crippen molar-refractivity contribution < 1.29 is 14.7 Å². The average molecular weight is 289 g/mol. The number of carboxylic acids is 1. The molecule has 1 aromatic heterocycles. The highest BCUT2D eigenvalue weighted by Gasteiger charge is 2.18. The summed E-state index contributed by atoms with van der Waals surface area (Å²) in [5.41, 5.74) is 3.11. The van der Waals surface area contributed by atoms with Crippen molar-refractivity contribution in [3.8, 4) is 12.3 Å². The molecule has 20 heavy (non-hydrogen) atoms. The fraction of sp³-hybridized carbons (Fsp3) is 0.154. The van der Waals surface area contributed by atoms with Gasteiger partial charge in [-0.3, -0.25) is 0 Å². The predicted octanol–water partition coefficient (Wildman–Crippen LogP) is 1.89. The van der Waals surface area contributed by atoms with E-state index in [9.17, 15) is 9.59 Å². The van der Waals surface area contributed by atoms with Gasteiger partial charge in [0.15, 0.2) is 0 Å². The van der Waals surface area contributed by atoms with Crippen molar-refractivity contribution >= 4 is 39.2 Å². The molecule has 2 rings (SSSR count). The van der Waals surface area contributed by atoms with Gasteiger partial charge in [-0.15, -0.1) is 23.7 Å². The van der Waals surface area contributed by atoms with Gasteiger partial charge < -0.3 is 15.7 Å². The molecule has 0 fully saturated rings. The molecule has 0 radical (unpaired) electrons. The minimum absolute atomic E-state index is 0.0728. The summed E-state index contributed by atoms with van der Waals surface area (Å²) in [6.07, 6.45) is 4.98. The van der Waals surface area contributed by atoms with Crippen LogP contribution in [0.4, 0.5) is 10.5 Å². The molecule has 7 heteroatoms. The van der Waals surface area contributed by atoms with E-state index in [0.717, 1.165) is 10.2 Å². The molecule has 1 atom stereocenters. The third kappa shape index (κ3) is 3.24. The summed E-state index contributed by atoms with van der Waals surface area (Å²) in [6.45, 7) is 0. The summed E-state index contributed by atoms with van der Waals surface area (Å²) in [7, 11) is 0. The number of fused-ring (bicyclic) bond motifs is 1. The second-order valence-corrected chi connectivity index (χ2v) is 4.82. The number of benzene rings is 1. The van der Waals surface area contributed by atoms with E-state index in [0.29, 0.717) is 5.69 Å². The highest BCUT2D eigenvalue weighted by molar-refractivity contribution is 7.16. The third-order valence-electron chi connectivity index (χ3n) is 2.51. The predicted molar refractivity (Wildman–Crippen MR) is 76.6 cm³/mol. The molecule has 1 aromatic carbocycles. The van der Waals surface area contributed by atoms with Gasteiger partial charge in [-0.05, 0) is 18.2 Å². The van der Waals surface area contributed by atoms with Crippen LogP contribution in [0.3, 0.4) is 0 Å². The number of carboxylic acid groups (broad SMARTS) is 1. The number of urea groups is 1. The minimum atomic E-state index is -1.17. The minimum Gasteiger partial charge on any atom is -0.480 e. The van der Waals surface area contributed by atoms with Gasteiger partial charge in [0.1, 0.15) is 6.04 Å². The van der Waals surface area contributed by atoms with E-state index >= 15 is 0 Å². The molecule has 2 amide bonds. The maximum atomic E-state index is 11.7. The first-order valence-electron chi connectivity index (χ1n) is 5.67. The lowest BCUT2D eigenvalue weighted by Crippen LogP contribution is -2.42. The van der Waals surface area contributed by atoms with Gasteiger partial charge in [0.2, 0.25) is 0 Å². The number of rotatable bonds is 4. The van der Waals surface area contributed by atoms with E-state index in [2.05, 4.69) is 21.5 Å².